The number of carbonyl (C=O) groups is 1. The Bertz CT molecular complexity index is 1450. The maximum atomic E-state index is 14.4. The summed E-state index contributed by atoms with van der Waals surface area (Å²) in [5.74, 6) is -0.275. The van der Waals surface area contributed by atoms with Gasteiger partial charge in [-0.1, -0.05) is 36.8 Å². The molecule has 0 aliphatic heterocycles. The zero-order valence-corrected chi connectivity index (χ0v) is 19.0. The molecule has 0 radical (unpaired) electrons. The molecule has 5 rings (SSSR count). The second-order valence-electron chi connectivity index (χ2n) is 8.41. The number of methoxy groups -OCH3 is 1. The van der Waals surface area contributed by atoms with Crippen molar-refractivity contribution in [2.75, 3.05) is 7.11 Å². The number of nitrogens with zero attached hydrogens (tertiary/aromatic N) is 3. The summed E-state index contributed by atoms with van der Waals surface area (Å²) in [4.78, 5) is 20.1. The number of aromatic amines is 1. The van der Waals surface area contributed by atoms with Gasteiger partial charge in [0.15, 0.2) is 5.82 Å². The van der Waals surface area contributed by atoms with Gasteiger partial charge in [-0.05, 0) is 59.2 Å². The number of nitrogens with one attached hydrogen (secondary N) is 1. The van der Waals surface area contributed by atoms with Gasteiger partial charge in [0.2, 0.25) is 11.8 Å². The minimum Gasteiger partial charge on any atom is -0.481 e. The zero-order valence-electron chi connectivity index (χ0n) is 19.0. The van der Waals surface area contributed by atoms with E-state index < -0.39 is 11.9 Å². The lowest BCUT2D eigenvalue weighted by Gasteiger charge is -2.30. The summed E-state index contributed by atoms with van der Waals surface area (Å²) in [5, 5.41) is 15.7. The molecule has 1 saturated carbocycles. The highest BCUT2D eigenvalue weighted by atomic mass is 19.1. The van der Waals surface area contributed by atoms with Crippen molar-refractivity contribution in [1.82, 2.24) is 20.2 Å². The van der Waals surface area contributed by atoms with Gasteiger partial charge in [-0.25, -0.2) is 9.78 Å². The number of ether oxygens (including phenoxy) is 1. The van der Waals surface area contributed by atoms with Crippen LogP contribution in [0.3, 0.4) is 0 Å². The molecule has 0 saturated heterocycles. The topological polar surface area (TPSA) is 101 Å². The van der Waals surface area contributed by atoms with Crippen molar-refractivity contribution < 1.29 is 19.0 Å². The van der Waals surface area contributed by atoms with Gasteiger partial charge in [-0.2, -0.15) is 9.37 Å². The molecule has 0 bridgehead atoms. The lowest BCUT2D eigenvalue weighted by atomic mass is 9.75. The van der Waals surface area contributed by atoms with Crippen LogP contribution < -0.4 is 4.74 Å². The molecular weight excluding hydrogens is 447 g/mol. The molecule has 0 atom stereocenters. The molecule has 4 aromatic rings. The molecule has 1 aliphatic rings. The van der Waals surface area contributed by atoms with Crippen LogP contribution in [-0.4, -0.2) is 38.4 Å². The molecular formula is C27H23FN4O3. The molecule has 2 heterocycles. The Balaban J connectivity index is 1.74. The van der Waals surface area contributed by atoms with E-state index in [1.807, 2.05) is 36.4 Å². The number of hydrogen-bond donors (Lipinski definition) is 2. The van der Waals surface area contributed by atoms with E-state index in [0.29, 0.717) is 22.6 Å². The largest absolute Gasteiger partial charge is 0.481 e. The first-order valence-electron chi connectivity index (χ1n) is 11.3. The van der Waals surface area contributed by atoms with Gasteiger partial charge in [-0.3, -0.25) is 5.10 Å². The summed E-state index contributed by atoms with van der Waals surface area (Å²) >= 11 is 0. The van der Waals surface area contributed by atoms with Gasteiger partial charge < -0.3 is 9.84 Å². The number of aromatic nitrogens is 4. The van der Waals surface area contributed by atoms with Gasteiger partial charge in [0.25, 0.3) is 0 Å². The summed E-state index contributed by atoms with van der Waals surface area (Å²) in [6, 6.07) is 14.8. The number of H-pyrrole nitrogens is 1. The predicted molar refractivity (Wildman–Crippen MR) is 131 cm³/mol. The minimum absolute atomic E-state index is 0.244. The van der Waals surface area contributed by atoms with Crippen LogP contribution in [0.1, 0.15) is 41.8 Å². The Kier molecular flexibility index (Phi) is 6.10. The van der Waals surface area contributed by atoms with E-state index in [1.165, 1.54) is 0 Å². The number of carboxylic acids is 1. The maximum Gasteiger partial charge on any atom is 0.328 e. The number of halogens is 1. The van der Waals surface area contributed by atoms with Crippen molar-refractivity contribution in [3.05, 3.63) is 89.3 Å². The SMILES string of the molecule is COc1ccnc(/C(=C(\c2ccc(/C=C/C(=O)O)cc2)c2ccc3[nH]nc(F)c3c2)C2CCC2)n1. The molecule has 0 unspecified atom stereocenters. The molecule has 2 aromatic carbocycles. The molecule has 1 fully saturated rings. The number of allylic oxidation sites excluding steroid dienone is 1. The minimum atomic E-state index is -1.01. The predicted octanol–water partition coefficient (Wildman–Crippen LogP) is 5.36. The Hall–Kier alpha value is -4.33. The Morgan fingerprint density at radius 3 is 2.60 bits per heavy atom. The van der Waals surface area contributed by atoms with Crippen LogP contribution in [0.15, 0.2) is 60.8 Å². The zero-order chi connectivity index (χ0) is 24.4. The Morgan fingerprint density at radius 1 is 1.14 bits per heavy atom. The average molecular weight is 471 g/mol. The van der Waals surface area contributed by atoms with Gasteiger partial charge in [-0.15, -0.1) is 5.10 Å². The smallest absolute Gasteiger partial charge is 0.328 e. The van der Waals surface area contributed by atoms with E-state index in [2.05, 4.69) is 20.2 Å². The molecule has 0 spiro atoms. The van der Waals surface area contributed by atoms with Crippen LogP contribution in [-0.2, 0) is 4.79 Å². The quantitative estimate of drug-likeness (QED) is 0.353. The van der Waals surface area contributed by atoms with E-state index in [1.54, 1.807) is 31.5 Å². The Labute approximate surface area is 201 Å². The highest BCUT2D eigenvalue weighted by Crippen LogP contribution is 2.44. The Morgan fingerprint density at radius 2 is 1.91 bits per heavy atom. The summed E-state index contributed by atoms with van der Waals surface area (Å²) in [6.45, 7) is 0. The van der Waals surface area contributed by atoms with Crippen molar-refractivity contribution in [1.29, 1.82) is 0 Å². The number of rotatable bonds is 7. The van der Waals surface area contributed by atoms with E-state index in [-0.39, 0.29) is 5.92 Å². The van der Waals surface area contributed by atoms with Crippen LogP contribution in [0.2, 0.25) is 0 Å². The highest BCUT2D eigenvalue weighted by molar-refractivity contribution is 6.00. The molecule has 176 valence electrons. The van der Waals surface area contributed by atoms with Crippen LogP contribution in [0, 0.1) is 11.9 Å². The van der Waals surface area contributed by atoms with Crippen LogP contribution in [0.5, 0.6) is 5.88 Å². The third-order valence-electron chi connectivity index (χ3n) is 6.29. The third kappa shape index (κ3) is 4.55. The molecule has 2 aromatic heterocycles. The van der Waals surface area contributed by atoms with Crippen LogP contribution >= 0.6 is 0 Å². The number of carboxylic acid groups (broad SMARTS) is 1. The van der Waals surface area contributed by atoms with E-state index in [9.17, 15) is 9.18 Å². The van der Waals surface area contributed by atoms with Crippen molar-refractivity contribution in [2.24, 2.45) is 5.92 Å². The number of hydrogen-bond acceptors (Lipinski definition) is 5. The summed E-state index contributed by atoms with van der Waals surface area (Å²) < 4.78 is 19.8. The summed E-state index contributed by atoms with van der Waals surface area (Å²) in [6.07, 6.45) is 7.43. The van der Waals surface area contributed by atoms with Crippen molar-refractivity contribution in [2.45, 2.75) is 19.3 Å². The lowest BCUT2D eigenvalue weighted by Crippen LogP contribution is -2.17. The van der Waals surface area contributed by atoms with Gasteiger partial charge in [0.05, 0.1) is 18.0 Å². The average Bonchev–Trinajstić information content (AvgIpc) is 3.22. The summed E-state index contributed by atoms with van der Waals surface area (Å²) in [7, 11) is 1.57. The van der Waals surface area contributed by atoms with Gasteiger partial charge in [0.1, 0.15) is 0 Å². The van der Waals surface area contributed by atoms with Crippen molar-refractivity contribution in [3.63, 3.8) is 0 Å². The van der Waals surface area contributed by atoms with Crippen molar-refractivity contribution >= 4 is 34.1 Å². The second-order valence-corrected chi connectivity index (χ2v) is 8.41. The number of benzene rings is 2. The van der Waals surface area contributed by atoms with Gasteiger partial charge in [0, 0.05) is 23.9 Å². The fraction of sp³-hybridized carbons (Fsp3) is 0.185. The number of fused-ring (bicyclic) bond motifs is 1. The maximum absolute atomic E-state index is 14.4. The summed E-state index contributed by atoms with van der Waals surface area (Å²) in [5.41, 5.74) is 4.97. The fourth-order valence-electron chi connectivity index (χ4n) is 4.32. The van der Waals surface area contributed by atoms with E-state index in [0.717, 1.165) is 53.2 Å². The third-order valence-corrected chi connectivity index (χ3v) is 6.29. The number of aliphatic carboxylic acids is 1. The van der Waals surface area contributed by atoms with Crippen LogP contribution in [0.4, 0.5) is 4.39 Å². The molecule has 35 heavy (non-hydrogen) atoms. The standard InChI is InChI=1S/C27H23FN4O3/c1-35-22-13-14-29-27(30-22)25(17-3-2-4-17)24(18-8-5-16(6-9-18)7-12-23(33)34)19-10-11-21-20(15-19)26(28)32-31-21/h5-15,17H,2-4H2,1H3,(H,31,32)(H,33,34)/b12-7+,25-24+. The van der Waals surface area contributed by atoms with Crippen molar-refractivity contribution in [3.8, 4) is 5.88 Å². The highest BCUT2D eigenvalue weighted by Gasteiger charge is 2.29. The first-order chi connectivity index (χ1) is 17.0. The van der Waals surface area contributed by atoms with Gasteiger partial charge >= 0.3 is 5.97 Å². The van der Waals surface area contributed by atoms with E-state index >= 15 is 0 Å². The fourth-order valence-corrected chi connectivity index (χ4v) is 4.32. The van der Waals surface area contributed by atoms with E-state index in [4.69, 9.17) is 9.84 Å². The normalized spacial score (nSPS) is 14.7. The molecule has 0 amide bonds. The molecule has 2 N–H and O–H groups in total. The first-order valence-corrected chi connectivity index (χ1v) is 11.3. The van der Waals surface area contributed by atoms with Crippen LogP contribution in [0.25, 0.3) is 28.1 Å². The molecule has 7 nitrogen and oxygen atoms in total. The second kappa shape index (κ2) is 9.50. The lowest BCUT2D eigenvalue weighted by molar-refractivity contribution is -0.131. The monoisotopic (exact) mass is 470 g/mol. The first kappa shape index (κ1) is 22.5. The molecule has 1 aliphatic carbocycles. The molecule has 8 heteroatoms.